The van der Waals surface area contributed by atoms with Crippen LogP contribution in [0.3, 0.4) is 0 Å². The van der Waals surface area contributed by atoms with Gasteiger partial charge in [-0.3, -0.25) is 4.79 Å². The molecule has 0 radical (unpaired) electrons. The lowest BCUT2D eigenvalue weighted by molar-refractivity contribution is 0.174. The third-order valence-electron chi connectivity index (χ3n) is 4.80. The monoisotopic (exact) mass is 347 g/mol. The van der Waals surface area contributed by atoms with Gasteiger partial charge in [0.05, 0.1) is 18.7 Å². The topological polar surface area (TPSA) is 49.7 Å². The Morgan fingerprint density at radius 1 is 0.962 bits per heavy atom. The first-order chi connectivity index (χ1) is 12.8. The third-order valence-corrected chi connectivity index (χ3v) is 4.80. The predicted octanol–water partition coefficient (Wildman–Crippen LogP) is 3.23. The fourth-order valence-electron chi connectivity index (χ4n) is 3.51. The van der Waals surface area contributed by atoms with Crippen molar-refractivity contribution in [1.29, 1.82) is 0 Å². The van der Waals surface area contributed by atoms with E-state index in [0.717, 1.165) is 33.8 Å². The fraction of sp³-hybridized carbons (Fsp3) is 0.190. The minimum Gasteiger partial charge on any atom is -0.492 e. The molecule has 0 amide bonds. The van der Waals surface area contributed by atoms with Crippen molar-refractivity contribution in [3.05, 3.63) is 76.2 Å². The van der Waals surface area contributed by atoms with Crippen molar-refractivity contribution in [3.8, 4) is 28.4 Å². The Hall–Kier alpha value is -3.21. The van der Waals surface area contributed by atoms with Gasteiger partial charge in [-0.25, -0.2) is 0 Å². The van der Waals surface area contributed by atoms with E-state index in [4.69, 9.17) is 14.2 Å². The summed E-state index contributed by atoms with van der Waals surface area (Å²) < 4.78 is 18.5. The molecular formula is C21H17NO4. The summed E-state index contributed by atoms with van der Waals surface area (Å²) in [5.41, 5.74) is 3.72. The minimum absolute atomic E-state index is 0.0193. The summed E-state index contributed by atoms with van der Waals surface area (Å²) in [6, 6.07) is 15.8. The van der Waals surface area contributed by atoms with E-state index in [9.17, 15) is 4.79 Å². The molecule has 0 saturated carbocycles. The smallest absolute Gasteiger partial charge is 0.257 e. The van der Waals surface area contributed by atoms with Gasteiger partial charge in [-0.1, -0.05) is 36.4 Å². The van der Waals surface area contributed by atoms with E-state index >= 15 is 0 Å². The molecule has 26 heavy (non-hydrogen) atoms. The van der Waals surface area contributed by atoms with Crippen LogP contribution in [0.2, 0.25) is 0 Å². The molecule has 3 aromatic rings. The Morgan fingerprint density at radius 3 is 2.69 bits per heavy atom. The van der Waals surface area contributed by atoms with E-state index in [2.05, 4.69) is 0 Å². The Kier molecular flexibility index (Phi) is 3.45. The van der Waals surface area contributed by atoms with Crippen molar-refractivity contribution >= 4 is 0 Å². The molecule has 130 valence electrons. The molecule has 5 nitrogen and oxygen atoms in total. The van der Waals surface area contributed by atoms with Crippen molar-refractivity contribution in [1.82, 2.24) is 4.57 Å². The average Bonchev–Trinajstić information content (AvgIpc) is 3.33. The number of ether oxygens (including phenoxy) is 3. The highest BCUT2D eigenvalue weighted by atomic mass is 16.7. The molecule has 2 aromatic carbocycles. The van der Waals surface area contributed by atoms with Gasteiger partial charge < -0.3 is 18.8 Å². The molecule has 0 spiro atoms. The van der Waals surface area contributed by atoms with Gasteiger partial charge in [0.25, 0.3) is 5.56 Å². The van der Waals surface area contributed by atoms with Gasteiger partial charge in [-0.15, -0.1) is 0 Å². The van der Waals surface area contributed by atoms with Crippen molar-refractivity contribution in [2.24, 2.45) is 0 Å². The molecule has 3 heterocycles. The number of rotatable bonds is 3. The molecule has 0 atom stereocenters. The van der Waals surface area contributed by atoms with Crippen LogP contribution in [0, 0.1) is 0 Å². The van der Waals surface area contributed by atoms with Gasteiger partial charge in [0.15, 0.2) is 11.5 Å². The van der Waals surface area contributed by atoms with Crippen LogP contribution in [0.15, 0.2) is 59.5 Å². The van der Waals surface area contributed by atoms with Crippen molar-refractivity contribution < 1.29 is 14.2 Å². The van der Waals surface area contributed by atoms with Gasteiger partial charge in [0, 0.05) is 18.2 Å². The number of pyridine rings is 1. The molecule has 2 aliphatic heterocycles. The normalized spacial score (nSPS) is 14.2. The summed E-state index contributed by atoms with van der Waals surface area (Å²) in [7, 11) is 0. The lowest BCUT2D eigenvalue weighted by Crippen LogP contribution is -2.23. The van der Waals surface area contributed by atoms with Crippen LogP contribution >= 0.6 is 0 Å². The number of benzene rings is 2. The lowest BCUT2D eigenvalue weighted by Gasteiger charge is -2.14. The molecule has 0 saturated heterocycles. The van der Waals surface area contributed by atoms with E-state index in [1.807, 2.05) is 54.7 Å². The van der Waals surface area contributed by atoms with Crippen LogP contribution in [0.25, 0.3) is 11.1 Å². The zero-order valence-corrected chi connectivity index (χ0v) is 14.1. The summed E-state index contributed by atoms with van der Waals surface area (Å²) in [6.07, 6.45) is 2.53. The first-order valence-corrected chi connectivity index (χ1v) is 8.63. The van der Waals surface area contributed by atoms with Crippen LogP contribution in [0.4, 0.5) is 0 Å². The molecular weight excluding hydrogens is 330 g/mol. The van der Waals surface area contributed by atoms with Crippen molar-refractivity contribution in [2.75, 3.05) is 13.4 Å². The first-order valence-electron chi connectivity index (χ1n) is 8.63. The standard InChI is InChI=1S/C21H17NO4/c23-21-16-8-9-24-20(16)17(12-22(21)11-14-4-2-1-3-5-14)15-6-7-18-19(10-15)26-13-25-18/h1-7,10,12H,8-9,11,13H2. The van der Waals surface area contributed by atoms with Crippen LogP contribution in [0.5, 0.6) is 17.2 Å². The van der Waals surface area contributed by atoms with Crippen molar-refractivity contribution in [2.45, 2.75) is 13.0 Å². The molecule has 0 unspecified atom stereocenters. The average molecular weight is 347 g/mol. The van der Waals surface area contributed by atoms with Gasteiger partial charge in [-0.05, 0) is 23.3 Å². The highest BCUT2D eigenvalue weighted by Crippen LogP contribution is 2.40. The molecule has 1 aromatic heterocycles. The highest BCUT2D eigenvalue weighted by molar-refractivity contribution is 5.74. The Balaban J connectivity index is 1.64. The van der Waals surface area contributed by atoms with E-state index < -0.39 is 0 Å². The molecule has 5 rings (SSSR count). The Morgan fingerprint density at radius 2 is 1.81 bits per heavy atom. The molecule has 0 bridgehead atoms. The Bertz CT molecular complexity index is 1040. The maximum atomic E-state index is 12.9. The lowest BCUT2D eigenvalue weighted by atomic mass is 10.0. The summed E-state index contributed by atoms with van der Waals surface area (Å²) >= 11 is 0. The second-order valence-electron chi connectivity index (χ2n) is 6.44. The number of hydrogen-bond donors (Lipinski definition) is 0. The van der Waals surface area contributed by atoms with Crippen LogP contribution in [-0.4, -0.2) is 18.0 Å². The maximum absolute atomic E-state index is 12.9. The minimum atomic E-state index is 0.0193. The van der Waals surface area contributed by atoms with Gasteiger partial charge in [-0.2, -0.15) is 0 Å². The molecule has 0 N–H and O–H groups in total. The Labute approximate surface area is 150 Å². The van der Waals surface area contributed by atoms with Gasteiger partial charge in [0.1, 0.15) is 5.75 Å². The number of hydrogen-bond acceptors (Lipinski definition) is 4. The predicted molar refractivity (Wildman–Crippen MR) is 97.0 cm³/mol. The second kappa shape index (κ2) is 5.95. The first kappa shape index (κ1) is 15.1. The SMILES string of the molecule is O=c1c2c(c(-c3ccc4c(c3)OCO4)cn1Cc1ccccc1)OCC2. The summed E-state index contributed by atoms with van der Waals surface area (Å²) in [5, 5.41) is 0. The molecule has 0 aliphatic carbocycles. The van der Waals surface area contributed by atoms with E-state index in [1.54, 1.807) is 4.57 Å². The molecule has 0 fully saturated rings. The van der Waals surface area contributed by atoms with E-state index in [0.29, 0.717) is 25.3 Å². The maximum Gasteiger partial charge on any atom is 0.257 e. The van der Waals surface area contributed by atoms with Crippen LogP contribution in [0.1, 0.15) is 11.1 Å². The summed E-state index contributed by atoms with van der Waals surface area (Å²) in [4.78, 5) is 12.9. The van der Waals surface area contributed by atoms with Crippen LogP contribution in [-0.2, 0) is 13.0 Å². The van der Waals surface area contributed by atoms with Crippen LogP contribution < -0.4 is 19.8 Å². The molecule has 2 aliphatic rings. The summed E-state index contributed by atoms with van der Waals surface area (Å²) in [5.74, 6) is 2.15. The molecule has 5 heteroatoms. The largest absolute Gasteiger partial charge is 0.492 e. The van der Waals surface area contributed by atoms with Gasteiger partial charge in [0.2, 0.25) is 6.79 Å². The fourth-order valence-corrected chi connectivity index (χ4v) is 3.51. The second-order valence-corrected chi connectivity index (χ2v) is 6.44. The van der Waals surface area contributed by atoms with E-state index in [1.165, 1.54) is 0 Å². The highest BCUT2D eigenvalue weighted by Gasteiger charge is 2.24. The number of aromatic nitrogens is 1. The van der Waals surface area contributed by atoms with Crippen molar-refractivity contribution in [3.63, 3.8) is 0 Å². The quantitative estimate of drug-likeness (QED) is 0.730. The van der Waals surface area contributed by atoms with E-state index in [-0.39, 0.29) is 12.4 Å². The number of nitrogens with zero attached hydrogens (tertiary/aromatic N) is 1. The summed E-state index contributed by atoms with van der Waals surface area (Å²) in [6.45, 7) is 1.31. The third kappa shape index (κ3) is 2.44. The zero-order valence-electron chi connectivity index (χ0n) is 14.1. The number of fused-ring (bicyclic) bond motifs is 2. The van der Waals surface area contributed by atoms with Gasteiger partial charge >= 0.3 is 0 Å². The zero-order chi connectivity index (χ0) is 17.5.